The zero-order valence-electron chi connectivity index (χ0n) is 14.9. The predicted octanol–water partition coefficient (Wildman–Crippen LogP) is 2.52. The van der Waals surface area contributed by atoms with E-state index in [0.29, 0.717) is 28.2 Å². The van der Waals surface area contributed by atoms with Crippen LogP contribution in [0.5, 0.6) is 0 Å². The van der Waals surface area contributed by atoms with E-state index in [1.54, 1.807) is 41.2 Å². The summed E-state index contributed by atoms with van der Waals surface area (Å²) in [5.41, 5.74) is 3.27. The number of nitrogens with zero attached hydrogens (tertiary/aromatic N) is 6. The van der Waals surface area contributed by atoms with Gasteiger partial charge >= 0.3 is 5.69 Å². The van der Waals surface area contributed by atoms with E-state index in [9.17, 15) is 9.18 Å². The average molecular weight is 385 g/mol. The zero-order chi connectivity index (χ0) is 20.0. The largest absolute Gasteiger partial charge is 0.328 e. The molecule has 0 spiro atoms. The number of fused-ring (bicyclic) bond motifs is 2. The maximum absolute atomic E-state index is 13.2. The Morgan fingerprint density at radius 1 is 1.14 bits per heavy atom. The van der Waals surface area contributed by atoms with Gasteiger partial charge in [-0.15, -0.1) is 0 Å². The lowest BCUT2D eigenvalue weighted by atomic mass is 10.2. The molecule has 0 saturated heterocycles. The number of imidazole rings is 2. The molecule has 0 fully saturated rings. The Balaban J connectivity index is 1.63. The second-order valence-corrected chi connectivity index (χ2v) is 6.48. The third-order valence-electron chi connectivity index (χ3n) is 4.64. The minimum Gasteiger partial charge on any atom is -0.303 e. The summed E-state index contributed by atoms with van der Waals surface area (Å²) in [7, 11) is 0. The Morgan fingerprint density at radius 2 is 1.97 bits per heavy atom. The highest BCUT2D eigenvalue weighted by Gasteiger charge is 2.13. The quantitative estimate of drug-likeness (QED) is 0.514. The van der Waals surface area contributed by atoms with E-state index in [2.05, 4.69) is 26.0 Å². The van der Waals surface area contributed by atoms with Gasteiger partial charge in [0.05, 0.1) is 35.4 Å². The molecule has 0 bridgehead atoms. The third kappa shape index (κ3) is 2.83. The number of aromatic amines is 1. The van der Waals surface area contributed by atoms with Crippen LogP contribution < -0.4 is 5.69 Å². The first kappa shape index (κ1) is 16.8. The Morgan fingerprint density at radius 3 is 2.76 bits per heavy atom. The topological polar surface area (TPSA) is 105 Å². The number of halogens is 1. The second-order valence-electron chi connectivity index (χ2n) is 6.48. The first-order valence-electron chi connectivity index (χ1n) is 8.70. The molecule has 2 aromatic carbocycles. The summed E-state index contributed by atoms with van der Waals surface area (Å²) in [6.45, 7) is 0.242. The minimum absolute atomic E-state index is 0.242. The second kappa shape index (κ2) is 6.38. The van der Waals surface area contributed by atoms with Gasteiger partial charge in [0.1, 0.15) is 17.7 Å². The lowest BCUT2D eigenvalue weighted by Gasteiger charge is -2.05. The van der Waals surface area contributed by atoms with E-state index < -0.39 is 0 Å². The van der Waals surface area contributed by atoms with Gasteiger partial charge in [-0.1, -0.05) is 12.1 Å². The van der Waals surface area contributed by atoms with Crippen molar-refractivity contribution in [1.29, 1.82) is 5.26 Å². The van der Waals surface area contributed by atoms with Gasteiger partial charge in [0, 0.05) is 0 Å². The average Bonchev–Trinajstić information content (AvgIpc) is 3.29. The highest BCUT2D eigenvalue weighted by atomic mass is 19.1. The first-order valence-corrected chi connectivity index (χ1v) is 8.70. The summed E-state index contributed by atoms with van der Waals surface area (Å²) in [6.07, 6.45) is 3.11. The van der Waals surface area contributed by atoms with E-state index in [4.69, 9.17) is 5.26 Å². The molecule has 1 N–H and O–H groups in total. The van der Waals surface area contributed by atoms with Gasteiger partial charge in [0.25, 0.3) is 0 Å². The summed E-state index contributed by atoms with van der Waals surface area (Å²) in [5.74, 6) is 0.00717. The highest BCUT2D eigenvalue weighted by Crippen LogP contribution is 2.18. The maximum Gasteiger partial charge on any atom is 0.328 e. The lowest BCUT2D eigenvalue weighted by Crippen LogP contribution is -2.18. The van der Waals surface area contributed by atoms with E-state index >= 15 is 0 Å². The number of hydrogen-bond donors (Lipinski definition) is 1. The number of benzene rings is 2. The summed E-state index contributed by atoms with van der Waals surface area (Å²) in [4.78, 5) is 28.3. The van der Waals surface area contributed by atoms with Crippen LogP contribution in [0.4, 0.5) is 4.39 Å². The molecule has 5 aromatic rings. The van der Waals surface area contributed by atoms with Crippen LogP contribution in [0.1, 0.15) is 11.1 Å². The fourth-order valence-corrected chi connectivity index (χ4v) is 3.21. The van der Waals surface area contributed by atoms with E-state index in [1.807, 2.05) is 0 Å². The molecule has 3 aromatic heterocycles. The van der Waals surface area contributed by atoms with Crippen LogP contribution in [0.3, 0.4) is 0 Å². The van der Waals surface area contributed by atoms with Crippen LogP contribution in [0.25, 0.3) is 28.1 Å². The van der Waals surface area contributed by atoms with Crippen LogP contribution in [0, 0.1) is 17.1 Å². The van der Waals surface area contributed by atoms with E-state index in [0.717, 1.165) is 11.1 Å². The monoisotopic (exact) mass is 385 g/mol. The highest BCUT2D eigenvalue weighted by molar-refractivity contribution is 5.79. The maximum atomic E-state index is 13.2. The third-order valence-corrected chi connectivity index (χ3v) is 4.64. The summed E-state index contributed by atoms with van der Waals surface area (Å²) < 4.78 is 16.3. The van der Waals surface area contributed by atoms with Crippen LogP contribution in [-0.2, 0) is 6.54 Å². The molecule has 0 amide bonds. The Hall–Kier alpha value is -4.32. The lowest BCUT2D eigenvalue weighted by molar-refractivity contribution is 0.626. The number of nitrogens with one attached hydrogen (secondary N) is 1. The Kier molecular flexibility index (Phi) is 3.70. The van der Waals surface area contributed by atoms with Crippen molar-refractivity contribution in [3.8, 4) is 12.0 Å². The molecular weight excluding hydrogens is 373 g/mol. The molecule has 0 radical (unpaired) electrons. The number of rotatable bonds is 3. The molecular formula is C20H12FN7O. The van der Waals surface area contributed by atoms with Gasteiger partial charge in [-0.2, -0.15) is 10.2 Å². The standard InChI is InChI=1S/C20H12FN7O/c21-14-4-1-12(2-5-14)10-27-18-16(25-20(27)29)9-23-19(26-18)28-11-24-15-7-13(8-22)3-6-17(15)28/h1-7,9,11H,10H2,(H,25,29). The first-order chi connectivity index (χ1) is 14.1. The SMILES string of the molecule is N#Cc1ccc2c(c1)ncn2-c1ncc2[nH]c(=O)n(Cc3ccc(F)cc3)c2n1. The minimum atomic E-state index is -0.337. The van der Waals surface area contributed by atoms with Crippen molar-refractivity contribution in [2.75, 3.05) is 0 Å². The van der Waals surface area contributed by atoms with Crippen molar-refractivity contribution in [3.05, 3.63) is 82.4 Å². The molecule has 0 saturated carbocycles. The van der Waals surface area contributed by atoms with Gasteiger partial charge in [-0.3, -0.25) is 9.13 Å². The normalized spacial score (nSPS) is 11.2. The Labute approximate surface area is 162 Å². The zero-order valence-corrected chi connectivity index (χ0v) is 14.9. The summed E-state index contributed by atoms with van der Waals surface area (Å²) >= 11 is 0. The summed E-state index contributed by atoms with van der Waals surface area (Å²) in [5, 5.41) is 9.04. The van der Waals surface area contributed by atoms with E-state index in [-0.39, 0.29) is 18.1 Å². The number of nitriles is 1. The summed E-state index contributed by atoms with van der Waals surface area (Å²) in [6, 6.07) is 13.2. The van der Waals surface area contributed by atoms with Gasteiger partial charge < -0.3 is 4.98 Å². The van der Waals surface area contributed by atoms with Gasteiger partial charge in [-0.05, 0) is 35.9 Å². The molecule has 0 aliphatic heterocycles. The van der Waals surface area contributed by atoms with Crippen molar-refractivity contribution < 1.29 is 4.39 Å². The van der Waals surface area contributed by atoms with Crippen LogP contribution in [0.15, 0.2) is 59.8 Å². The van der Waals surface area contributed by atoms with Gasteiger partial charge in [0.15, 0.2) is 5.65 Å². The smallest absolute Gasteiger partial charge is 0.303 e. The van der Waals surface area contributed by atoms with Crippen LogP contribution in [-0.4, -0.2) is 29.1 Å². The van der Waals surface area contributed by atoms with E-state index in [1.165, 1.54) is 22.9 Å². The van der Waals surface area contributed by atoms with Gasteiger partial charge in [0.2, 0.25) is 5.95 Å². The van der Waals surface area contributed by atoms with Gasteiger partial charge in [-0.25, -0.2) is 19.2 Å². The van der Waals surface area contributed by atoms with Crippen molar-refractivity contribution in [1.82, 2.24) is 29.1 Å². The molecule has 0 aliphatic rings. The molecule has 3 heterocycles. The fraction of sp³-hybridized carbons (Fsp3) is 0.0500. The molecule has 140 valence electrons. The van der Waals surface area contributed by atoms with Crippen molar-refractivity contribution >= 4 is 22.2 Å². The molecule has 9 heteroatoms. The van der Waals surface area contributed by atoms with Crippen LogP contribution >= 0.6 is 0 Å². The molecule has 5 rings (SSSR count). The number of hydrogen-bond acceptors (Lipinski definition) is 5. The molecule has 0 unspecified atom stereocenters. The van der Waals surface area contributed by atoms with Crippen molar-refractivity contribution in [2.45, 2.75) is 6.54 Å². The Bertz CT molecular complexity index is 1470. The molecule has 29 heavy (non-hydrogen) atoms. The molecule has 0 atom stereocenters. The van der Waals surface area contributed by atoms with Crippen LogP contribution in [0.2, 0.25) is 0 Å². The predicted molar refractivity (Wildman–Crippen MR) is 103 cm³/mol. The molecule has 8 nitrogen and oxygen atoms in total. The number of aromatic nitrogens is 6. The fourth-order valence-electron chi connectivity index (χ4n) is 3.21. The number of H-pyrrole nitrogens is 1. The van der Waals surface area contributed by atoms with Crippen molar-refractivity contribution in [3.63, 3.8) is 0 Å². The molecule has 0 aliphatic carbocycles. The van der Waals surface area contributed by atoms with Crippen molar-refractivity contribution in [2.24, 2.45) is 0 Å².